The molecule has 0 radical (unpaired) electrons. The second kappa shape index (κ2) is 4.48. The SMILES string of the molecule is CCc1cccc(-c2cc(F)ccc2C)c1. The van der Waals surface area contributed by atoms with Crippen LogP contribution in [0, 0.1) is 12.7 Å². The van der Waals surface area contributed by atoms with Gasteiger partial charge in [0.25, 0.3) is 0 Å². The summed E-state index contributed by atoms with van der Waals surface area (Å²) in [5.74, 6) is -0.178. The van der Waals surface area contributed by atoms with E-state index in [1.807, 2.05) is 25.1 Å². The van der Waals surface area contributed by atoms with Gasteiger partial charge in [-0.1, -0.05) is 37.3 Å². The summed E-state index contributed by atoms with van der Waals surface area (Å²) in [5.41, 5.74) is 4.46. The molecule has 0 N–H and O–H groups in total. The Morgan fingerprint density at radius 3 is 2.62 bits per heavy atom. The molecule has 2 rings (SSSR count). The van der Waals surface area contributed by atoms with Crippen LogP contribution in [0.1, 0.15) is 18.1 Å². The second-order valence-corrected chi connectivity index (χ2v) is 4.01. The molecule has 0 fully saturated rings. The van der Waals surface area contributed by atoms with Gasteiger partial charge in [-0.2, -0.15) is 0 Å². The van der Waals surface area contributed by atoms with E-state index in [-0.39, 0.29) is 5.82 Å². The molecule has 0 heterocycles. The zero-order chi connectivity index (χ0) is 11.5. The Kier molecular flexibility index (Phi) is 3.04. The molecule has 0 spiro atoms. The van der Waals surface area contributed by atoms with Crippen molar-refractivity contribution < 1.29 is 4.39 Å². The molecule has 2 aromatic carbocycles. The molecule has 82 valence electrons. The van der Waals surface area contributed by atoms with Crippen molar-refractivity contribution in [1.29, 1.82) is 0 Å². The molecule has 0 nitrogen and oxygen atoms in total. The van der Waals surface area contributed by atoms with Crippen molar-refractivity contribution in [2.75, 3.05) is 0 Å². The summed E-state index contributed by atoms with van der Waals surface area (Å²) < 4.78 is 13.2. The molecule has 0 unspecified atom stereocenters. The highest BCUT2D eigenvalue weighted by Crippen LogP contribution is 2.25. The molecular weight excluding hydrogens is 199 g/mol. The predicted octanol–water partition coefficient (Wildman–Crippen LogP) is 4.36. The van der Waals surface area contributed by atoms with Crippen molar-refractivity contribution in [2.24, 2.45) is 0 Å². The minimum atomic E-state index is -0.178. The van der Waals surface area contributed by atoms with Gasteiger partial charge in [-0.05, 0) is 47.7 Å². The molecule has 0 amide bonds. The smallest absolute Gasteiger partial charge is 0.123 e. The lowest BCUT2D eigenvalue weighted by atomic mass is 9.98. The molecule has 2 aromatic rings. The van der Waals surface area contributed by atoms with Crippen LogP contribution in [-0.4, -0.2) is 0 Å². The van der Waals surface area contributed by atoms with Crippen LogP contribution < -0.4 is 0 Å². The van der Waals surface area contributed by atoms with Gasteiger partial charge in [0, 0.05) is 0 Å². The highest BCUT2D eigenvalue weighted by Gasteiger charge is 2.03. The van der Waals surface area contributed by atoms with Crippen molar-refractivity contribution in [2.45, 2.75) is 20.3 Å². The third kappa shape index (κ3) is 2.13. The quantitative estimate of drug-likeness (QED) is 0.696. The highest BCUT2D eigenvalue weighted by atomic mass is 19.1. The van der Waals surface area contributed by atoms with Gasteiger partial charge in [0.15, 0.2) is 0 Å². The summed E-state index contributed by atoms with van der Waals surface area (Å²) in [5, 5.41) is 0. The molecule has 0 atom stereocenters. The summed E-state index contributed by atoms with van der Waals surface area (Å²) in [4.78, 5) is 0. The fourth-order valence-electron chi connectivity index (χ4n) is 1.86. The molecule has 0 aromatic heterocycles. The van der Waals surface area contributed by atoms with Crippen LogP contribution in [0.5, 0.6) is 0 Å². The first-order chi connectivity index (χ1) is 7.70. The molecule has 0 aliphatic rings. The van der Waals surface area contributed by atoms with Crippen LogP contribution in [0.25, 0.3) is 11.1 Å². The minimum absolute atomic E-state index is 0.178. The van der Waals surface area contributed by atoms with Gasteiger partial charge in [-0.3, -0.25) is 0 Å². The zero-order valence-electron chi connectivity index (χ0n) is 9.63. The average Bonchev–Trinajstić information content (AvgIpc) is 2.32. The summed E-state index contributed by atoms with van der Waals surface area (Å²) in [6, 6.07) is 13.2. The summed E-state index contributed by atoms with van der Waals surface area (Å²) in [7, 11) is 0. The molecule has 0 bridgehead atoms. The van der Waals surface area contributed by atoms with E-state index in [0.29, 0.717) is 0 Å². The van der Waals surface area contributed by atoms with E-state index in [4.69, 9.17) is 0 Å². The topological polar surface area (TPSA) is 0 Å². The summed E-state index contributed by atoms with van der Waals surface area (Å²) >= 11 is 0. The van der Waals surface area contributed by atoms with E-state index in [1.165, 1.54) is 11.6 Å². The number of benzene rings is 2. The Labute approximate surface area is 95.7 Å². The largest absolute Gasteiger partial charge is 0.207 e. The van der Waals surface area contributed by atoms with E-state index in [1.54, 1.807) is 6.07 Å². The fourth-order valence-corrected chi connectivity index (χ4v) is 1.86. The Balaban J connectivity index is 2.53. The molecule has 0 saturated carbocycles. The van der Waals surface area contributed by atoms with Crippen LogP contribution in [0.4, 0.5) is 4.39 Å². The third-order valence-corrected chi connectivity index (χ3v) is 2.85. The molecule has 0 aliphatic carbocycles. The minimum Gasteiger partial charge on any atom is -0.207 e. The summed E-state index contributed by atoms with van der Waals surface area (Å²) in [6.45, 7) is 4.13. The average molecular weight is 214 g/mol. The van der Waals surface area contributed by atoms with Crippen molar-refractivity contribution in [3.05, 3.63) is 59.4 Å². The molecular formula is C15H15F. The van der Waals surface area contributed by atoms with Crippen LogP contribution in [0.3, 0.4) is 0 Å². The van der Waals surface area contributed by atoms with Crippen LogP contribution in [0.15, 0.2) is 42.5 Å². The van der Waals surface area contributed by atoms with Gasteiger partial charge in [0.1, 0.15) is 5.82 Å². The first kappa shape index (κ1) is 10.9. The van der Waals surface area contributed by atoms with E-state index >= 15 is 0 Å². The lowest BCUT2D eigenvalue weighted by Gasteiger charge is -2.07. The first-order valence-electron chi connectivity index (χ1n) is 5.56. The van der Waals surface area contributed by atoms with Gasteiger partial charge in [0.2, 0.25) is 0 Å². The maximum absolute atomic E-state index is 13.2. The van der Waals surface area contributed by atoms with Crippen LogP contribution in [0.2, 0.25) is 0 Å². The van der Waals surface area contributed by atoms with Gasteiger partial charge >= 0.3 is 0 Å². The standard InChI is InChI=1S/C15H15F/c1-3-12-5-4-6-13(9-12)15-10-14(16)8-7-11(15)2/h4-10H,3H2,1-2H3. The van der Waals surface area contributed by atoms with E-state index in [0.717, 1.165) is 23.1 Å². The third-order valence-electron chi connectivity index (χ3n) is 2.85. The van der Waals surface area contributed by atoms with Crippen molar-refractivity contribution in [1.82, 2.24) is 0 Å². The fraction of sp³-hybridized carbons (Fsp3) is 0.200. The Morgan fingerprint density at radius 1 is 1.06 bits per heavy atom. The van der Waals surface area contributed by atoms with Crippen LogP contribution in [-0.2, 0) is 6.42 Å². The van der Waals surface area contributed by atoms with Gasteiger partial charge in [-0.25, -0.2) is 4.39 Å². The predicted molar refractivity (Wildman–Crippen MR) is 66.0 cm³/mol. The van der Waals surface area contributed by atoms with Gasteiger partial charge in [-0.15, -0.1) is 0 Å². The van der Waals surface area contributed by atoms with Crippen molar-refractivity contribution in [3.63, 3.8) is 0 Å². The number of hydrogen-bond donors (Lipinski definition) is 0. The lowest BCUT2D eigenvalue weighted by Crippen LogP contribution is -1.87. The molecule has 16 heavy (non-hydrogen) atoms. The molecule has 0 saturated heterocycles. The summed E-state index contributed by atoms with van der Waals surface area (Å²) in [6.07, 6.45) is 1.00. The van der Waals surface area contributed by atoms with E-state index in [9.17, 15) is 4.39 Å². The lowest BCUT2D eigenvalue weighted by molar-refractivity contribution is 0.628. The Morgan fingerprint density at radius 2 is 1.88 bits per heavy atom. The van der Waals surface area contributed by atoms with E-state index < -0.39 is 0 Å². The number of halogens is 1. The molecule has 1 heteroatoms. The van der Waals surface area contributed by atoms with Crippen molar-refractivity contribution >= 4 is 0 Å². The number of hydrogen-bond acceptors (Lipinski definition) is 0. The van der Waals surface area contributed by atoms with Crippen molar-refractivity contribution in [3.8, 4) is 11.1 Å². The maximum Gasteiger partial charge on any atom is 0.123 e. The molecule has 0 aliphatic heterocycles. The van der Waals surface area contributed by atoms with Gasteiger partial charge in [0.05, 0.1) is 0 Å². The monoisotopic (exact) mass is 214 g/mol. The number of aryl methyl sites for hydroxylation is 2. The Hall–Kier alpha value is -1.63. The van der Waals surface area contributed by atoms with Crippen LogP contribution >= 0.6 is 0 Å². The first-order valence-corrected chi connectivity index (χ1v) is 5.56. The second-order valence-electron chi connectivity index (χ2n) is 4.01. The normalized spacial score (nSPS) is 10.4. The highest BCUT2D eigenvalue weighted by molar-refractivity contribution is 5.67. The van der Waals surface area contributed by atoms with E-state index in [2.05, 4.69) is 19.1 Å². The van der Waals surface area contributed by atoms with Gasteiger partial charge < -0.3 is 0 Å². The number of rotatable bonds is 2. The Bertz CT molecular complexity index is 501. The maximum atomic E-state index is 13.2. The zero-order valence-corrected chi connectivity index (χ0v) is 9.63.